The van der Waals surface area contributed by atoms with E-state index in [0.29, 0.717) is 26.1 Å². The van der Waals surface area contributed by atoms with Crippen LogP contribution in [0.4, 0.5) is 0 Å². The second-order valence-electron chi connectivity index (χ2n) is 6.41. The molecule has 132 valence electrons. The van der Waals surface area contributed by atoms with Gasteiger partial charge in [-0.1, -0.05) is 0 Å². The van der Waals surface area contributed by atoms with Crippen molar-refractivity contribution in [2.45, 2.75) is 26.2 Å². The van der Waals surface area contributed by atoms with Crippen molar-refractivity contribution in [3.8, 4) is 17.6 Å². The largest absolute Gasteiger partial charge is 0.494 e. The topological polar surface area (TPSA) is 79.6 Å². The van der Waals surface area contributed by atoms with Crippen molar-refractivity contribution >= 4 is 11.7 Å². The lowest BCUT2D eigenvalue weighted by Crippen LogP contribution is -2.41. The fraction of sp³-hybridized carbons (Fsp3) is 0.526. The number of ether oxygens (including phenoxy) is 2. The Kier molecular flexibility index (Phi) is 5.22. The highest BCUT2D eigenvalue weighted by molar-refractivity contribution is 6.05. The van der Waals surface area contributed by atoms with Gasteiger partial charge in [-0.2, -0.15) is 5.26 Å². The summed E-state index contributed by atoms with van der Waals surface area (Å²) < 4.78 is 11.2. The van der Waals surface area contributed by atoms with E-state index in [2.05, 4.69) is 0 Å². The molecule has 1 amide bonds. The highest BCUT2D eigenvalue weighted by Crippen LogP contribution is 2.32. The Bertz CT molecular complexity index is 704. The van der Waals surface area contributed by atoms with Gasteiger partial charge in [0.2, 0.25) is 5.91 Å². The summed E-state index contributed by atoms with van der Waals surface area (Å²) in [5, 5.41) is 9.39. The summed E-state index contributed by atoms with van der Waals surface area (Å²) in [6, 6.07) is 7.44. The molecule has 2 heterocycles. The predicted octanol–water partition coefficient (Wildman–Crippen LogP) is 1.97. The predicted molar refractivity (Wildman–Crippen MR) is 90.2 cm³/mol. The molecule has 2 aliphatic rings. The van der Waals surface area contributed by atoms with Crippen LogP contribution in [0.2, 0.25) is 0 Å². The third kappa shape index (κ3) is 3.60. The summed E-state index contributed by atoms with van der Waals surface area (Å²) in [5.74, 6) is -0.968. The van der Waals surface area contributed by atoms with Crippen molar-refractivity contribution in [1.29, 1.82) is 5.26 Å². The fourth-order valence-electron chi connectivity index (χ4n) is 3.41. The number of rotatable bonds is 5. The molecule has 0 bridgehead atoms. The molecule has 0 aromatic heterocycles. The Labute approximate surface area is 147 Å². The second kappa shape index (κ2) is 7.56. The SMILES string of the molecule is CCOc1ccc2c(c1)C[C@H](C(=O)[C@@H](C#N)C(=O)N1CCCC1)CO2. The van der Waals surface area contributed by atoms with Crippen LogP contribution in [0.3, 0.4) is 0 Å². The van der Waals surface area contributed by atoms with Gasteiger partial charge < -0.3 is 14.4 Å². The van der Waals surface area contributed by atoms with Crippen molar-refractivity contribution in [3.63, 3.8) is 0 Å². The summed E-state index contributed by atoms with van der Waals surface area (Å²) in [6.07, 6.45) is 2.32. The van der Waals surface area contributed by atoms with Gasteiger partial charge >= 0.3 is 0 Å². The lowest BCUT2D eigenvalue weighted by Gasteiger charge is -2.27. The molecular weight excluding hydrogens is 320 g/mol. The molecule has 1 aromatic carbocycles. The van der Waals surface area contributed by atoms with E-state index in [-0.39, 0.29) is 18.3 Å². The molecule has 1 fully saturated rings. The summed E-state index contributed by atoms with van der Waals surface area (Å²) in [7, 11) is 0. The molecule has 1 aromatic rings. The molecule has 0 saturated carbocycles. The van der Waals surface area contributed by atoms with E-state index in [9.17, 15) is 14.9 Å². The molecular formula is C19H22N2O4. The minimum atomic E-state index is -1.23. The molecule has 2 aliphatic heterocycles. The number of hydrogen-bond donors (Lipinski definition) is 0. The fourth-order valence-corrected chi connectivity index (χ4v) is 3.41. The van der Waals surface area contributed by atoms with Crippen LogP contribution in [0.1, 0.15) is 25.3 Å². The Hall–Kier alpha value is -2.55. The molecule has 3 rings (SSSR count). The normalized spacial score (nSPS) is 20.2. The van der Waals surface area contributed by atoms with Crippen LogP contribution in [0, 0.1) is 23.2 Å². The first kappa shape index (κ1) is 17.3. The summed E-state index contributed by atoms with van der Waals surface area (Å²) in [5.41, 5.74) is 0.876. The summed E-state index contributed by atoms with van der Waals surface area (Å²) in [6.45, 7) is 3.93. The van der Waals surface area contributed by atoms with Crippen LogP contribution in [-0.2, 0) is 16.0 Å². The molecule has 0 N–H and O–H groups in total. The van der Waals surface area contributed by atoms with Crippen molar-refractivity contribution in [3.05, 3.63) is 23.8 Å². The third-order valence-electron chi connectivity index (χ3n) is 4.73. The maximum Gasteiger partial charge on any atom is 0.247 e. The van der Waals surface area contributed by atoms with Crippen molar-refractivity contribution in [2.75, 3.05) is 26.3 Å². The van der Waals surface area contributed by atoms with Gasteiger partial charge in [-0.3, -0.25) is 9.59 Å². The number of fused-ring (bicyclic) bond motifs is 1. The van der Waals surface area contributed by atoms with E-state index in [0.717, 1.165) is 29.9 Å². The van der Waals surface area contributed by atoms with E-state index in [1.165, 1.54) is 0 Å². The molecule has 0 spiro atoms. The van der Waals surface area contributed by atoms with Gasteiger partial charge in [-0.25, -0.2) is 0 Å². The van der Waals surface area contributed by atoms with Crippen molar-refractivity contribution < 1.29 is 19.1 Å². The van der Waals surface area contributed by atoms with Crippen molar-refractivity contribution in [2.24, 2.45) is 11.8 Å². The van der Waals surface area contributed by atoms with Crippen LogP contribution in [0.15, 0.2) is 18.2 Å². The minimum Gasteiger partial charge on any atom is -0.494 e. The van der Waals surface area contributed by atoms with Gasteiger partial charge in [0.05, 0.1) is 25.2 Å². The van der Waals surface area contributed by atoms with Crippen LogP contribution >= 0.6 is 0 Å². The van der Waals surface area contributed by atoms with E-state index < -0.39 is 11.8 Å². The smallest absolute Gasteiger partial charge is 0.247 e. The summed E-state index contributed by atoms with van der Waals surface area (Å²) >= 11 is 0. The Balaban J connectivity index is 1.73. The minimum absolute atomic E-state index is 0.200. The van der Waals surface area contributed by atoms with Gasteiger partial charge in [0.1, 0.15) is 11.5 Å². The zero-order valence-electron chi connectivity index (χ0n) is 14.4. The summed E-state index contributed by atoms with van der Waals surface area (Å²) in [4.78, 5) is 26.9. The van der Waals surface area contributed by atoms with Gasteiger partial charge in [0.25, 0.3) is 0 Å². The van der Waals surface area contributed by atoms with Gasteiger partial charge in [0.15, 0.2) is 11.7 Å². The first-order valence-electron chi connectivity index (χ1n) is 8.74. The van der Waals surface area contributed by atoms with Crippen LogP contribution in [0.5, 0.6) is 11.5 Å². The zero-order chi connectivity index (χ0) is 17.8. The third-order valence-corrected chi connectivity index (χ3v) is 4.73. The molecule has 0 aliphatic carbocycles. The number of ketones is 1. The first-order valence-corrected chi connectivity index (χ1v) is 8.74. The number of amides is 1. The number of carbonyl (C=O) groups excluding carboxylic acids is 2. The van der Waals surface area contributed by atoms with Gasteiger partial charge in [0, 0.05) is 13.1 Å². The van der Waals surface area contributed by atoms with Crippen LogP contribution in [0.25, 0.3) is 0 Å². The lowest BCUT2D eigenvalue weighted by atomic mass is 9.86. The van der Waals surface area contributed by atoms with Crippen molar-refractivity contribution in [1.82, 2.24) is 4.90 Å². The van der Waals surface area contributed by atoms with Gasteiger partial charge in [-0.05, 0) is 49.9 Å². The number of nitriles is 1. The molecule has 6 heteroatoms. The van der Waals surface area contributed by atoms with E-state index in [1.54, 1.807) is 4.90 Å². The number of carbonyl (C=O) groups is 2. The number of hydrogen-bond acceptors (Lipinski definition) is 5. The number of likely N-dealkylation sites (tertiary alicyclic amines) is 1. The molecule has 2 atom stereocenters. The number of nitrogens with zero attached hydrogens (tertiary/aromatic N) is 2. The monoisotopic (exact) mass is 342 g/mol. The Morgan fingerprint density at radius 3 is 2.84 bits per heavy atom. The maximum absolute atomic E-state index is 12.8. The standard InChI is InChI=1S/C19H22N2O4/c1-2-24-15-5-6-17-13(10-15)9-14(12-25-17)18(22)16(11-20)19(23)21-7-3-4-8-21/h5-6,10,14,16H,2-4,7-9,12H2,1H3/t14-,16+/m0/s1. The second-order valence-corrected chi connectivity index (χ2v) is 6.41. The molecule has 0 unspecified atom stereocenters. The zero-order valence-corrected chi connectivity index (χ0v) is 14.4. The average Bonchev–Trinajstić information content (AvgIpc) is 3.16. The number of benzene rings is 1. The average molecular weight is 342 g/mol. The quantitative estimate of drug-likeness (QED) is 0.764. The highest BCUT2D eigenvalue weighted by Gasteiger charge is 2.38. The van der Waals surface area contributed by atoms with E-state index >= 15 is 0 Å². The highest BCUT2D eigenvalue weighted by atomic mass is 16.5. The molecule has 1 saturated heterocycles. The lowest BCUT2D eigenvalue weighted by molar-refractivity contribution is -0.140. The molecule has 0 radical (unpaired) electrons. The maximum atomic E-state index is 12.8. The van der Waals surface area contributed by atoms with E-state index in [4.69, 9.17) is 9.47 Å². The van der Waals surface area contributed by atoms with Crippen LogP contribution in [-0.4, -0.2) is 42.9 Å². The number of Topliss-reactive ketones (excluding diaryl/α,β-unsaturated/α-hetero) is 1. The van der Waals surface area contributed by atoms with Crippen LogP contribution < -0.4 is 9.47 Å². The molecule has 25 heavy (non-hydrogen) atoms. The van der Waals surface area contributed by atoms with E-state index in [1.807, 2.05) is 31.2 Å². The molecule has 6 nitrogen and oxygen atoms in total. The first-order chi connectivity index (χ1) is 12.1. The Morgan fingerprint density at radius 2 is 2.16 bits per heavy atom. The van der Waals surface area contributed by atoms with Gasteiger partial charge in [-0.15, -0.1) is 0 Å². The Morgan fingerprint density at radius 1 is 1.40 bits per heavy atom.